The number of nitrogens with zero attached hydrogens (tertiary/aromatic N) is 4. The van der Waals surface area contributed by atoms with Gasteiger partial charge in [0.05, 0.1) is 17.3 Å². The Morgan fingerprint density at radius 3 is 2.59 bits per heavy atom. The highest BCUT2D eigenvalue weighted by Gasteiger charge is 2.33. The van der Waals surface area contributed by atoms with E-state index in [1.54, 1.807) is 24.3 Å². The molecule has 1 aliphatic rings. The first-order valence-electron chi connectivity index (χ1n) is 10.5. The number of pyridine rings is 2. The first kappa shape index (κ1) is 20.3. The van der Waals surface area contributed by atoms with E-state index in [1.165, 1.54) is 0 Å². The van der Waals surface area contributed by atoms with E-state index < -0.39 is 0 Å². The van der Waals surface area contributed by atoms with E-state index in [0.717, 1.165) is 44.6 Å². The van der Waals surface area contributed by atoms with E-state index in [0.29, 0.717) is 11.4 Å². The molecular weight excluding hydrogens is 420 g/mol. The lowest BCUT2D eigenvalue weighted by molar-refractivity contribution is -0.130. The Balaban J connectivity index is 1.75. The lowest BCUT2D eigenvalue weighted by Crippen LogP contribution is -2.24. The van der Waals surface area contributed by atoms with Crippen LogP contribution in [0, 0.1) is 6.92 Å². The summed E-state index contributed by atoms with van der Waals surface area (Å²) < 4.78 is 0. The number of aryl methyl sites for hydroxylation is 1. The molecule has 6 heteroatoms. The summed E-state index contributed by atoms with van der Waals surface area (Å²) in [6, 6.07) is 19.6. The molecule has 0 N–H and O–H groups in total. The number of benzene rings is 2. The van der Waals surface area contributed by atoms with Crippen LogP contribution in [0.5, 0.6) is 0 Å². The van der Waals surface area contributed by atoms with Gasteiger partial charge in [0.15, 0.2) is 0 Å². The van der Waals surface area contributed by atoms with Crippen molar-refractivity contribution in [3.8, 4) is 11.1 Å². The SMILES string of the molecule is CC(=O)N1N=C(c2c(C)nc3ccc(Cl)cc3c2-c2ccccc2)CC1c1cccnc1. The number of amides is 1. The van der Waals surface area contributed by atoms with Crippen LogP contribution in [0.3, 0.4) is 0 Å². The molecule has 5 rings (SSSR count). The van der Waals surface area contributed by atoms with Gasteiger partial charge in [0.25, 0.3) is 0 Å². The molecule has 0 saturated heterocycles. The fraction of sp³-hybridized carbons (Fsp3) is 0.154. The van der Waals surface area contributed by atoms with E-state index in [4.69, 9.17) is 21.7 Å². The van der Waals surface area contributed by atoms with Crippen molar-refractivity contribution in [3.63, 3.8) is 0 Å². The minimum absolute atomic E-state index is 0.107. The molecule has 1 amide bonds. The van der Waals surface area contributed by atoms with Crippen molar-refractivity contribution in [1.82, 2.24) is 15.0 Å². The summed E-state index contributed by atoms with van der Waals surface area (Å²) in [4.78, 5) is 21.6. The predicted molar refractivity (Wildman–Crippen MR) is 128 cm³/mol. The number of hydrazone groups is 1. The van der Waals surface area contributed by atoms with Crippen molar-refractivity contribution in [3.05, 3.63) is 94.9 Å². The van der Waals surface area contributed by atoms with Crippen LogP contribution >= 0.6 is 11.6 Å². The molecule has 0 saturated carbocycles. The summed E-state index contributed by atoms with van der Waals surface area (Å²) in [6.07, 6.45) is 4.11. The number of rotatable bonds is 3. The van der Waals surface area contributed by atoms with Gasteiger partial charge in [-0.2, -0.15) is 5.10 Å². The quantitative estimate of drug-likeness (QED) is 0.395. The molecule has 2 aromatic heterocycles. The van der Waals surface area contributed by atoms with Gasteiger partial charge >= 0.3 is 0 Å². The van der Waals surface area contributed by atoms with E-state index in [2.05, 4.69) is 17.1 Å². The Morgan fingerprint density at radius 1 is 1.06 bits per heavy atom. The van der Waals surface area contributed by atoms with Crippen LogP contribution in [-0.4, -0.2) is 26.6 Å². The zero-order valence-electron chi connectivity index (χ0n) is 17.8. The highest BCUT2D eigenvalue weighted by Crippen LogP contribution is 2.39. The first-order valence-corrected chi connectivity index (χ1v) is 10.8. The molecule has 0 aliphatic carbocycles. The normalized spacial score (nSPS) is 15.8. The van der Waals surface area contributed by atoms with E-state index >= 15 is 0 Å². The number of hydrogen-bond acceptors (Lipinski definition) is 4. The van der Waals surface area contributed by atoms with Gasteiger partial charge < -0.3 is 0 Å². The summed E-state index contributed by atoms with van der Waals surface area (Å²) in [6.45, 7) is 3.53. The fourth-order valence-electron chi connectivity index (χ4n) is 4.40. The molecule has 5 nitrogen and oxygen atoms in total. The molecule has 32 heavy (non-hydrogen) atoms. The minimum Gasteiger partial charge on any atom is -0.273 e. The summed E-state index contributed by atoms with van der Waals surface area (Å²) in [5, 5.41) is 7.97. The highest BCUT2D eigenvalue weighted by atomic mass is 35.5. The molecular formula is C26H21ClN4O. The van der Waals surface area contributed by atoms with Crippen LogP contribution in [0.2, 0.25) is 5.02 Å². The van der Waals surface area contributed by atoms with Crippen LogP contribution in [0.1, 0.15) is 36.2 Å². The third-order valence-corrected chi connectivity index (χ3v) is 6.02. The summed E-state index contributed by atoms with van der Waals surface area (Å²) in [5.41, 5.74) is 6.57. The molecule has 4 aromatic rings. The molecule has 0 radical (unpaired) electrons. The second-order valence-corrected chi connectivity index (χ2v) is 8.33. The van der Waals surface area contributed by atoms with Crippen LogP contribution in [0.25, 0.3) is 22.0 Å². The number of halogens is 1. The van der Waals surface area contributed by atoms with Crippen LogP contribution < -0.4 is 0 Å². The molecule has 0 fully saturated rings. The predicted octanol–water partition coefficient (Wildman–Crippen LogP) is 5.96. The van der Waals surface area contributed by atoms with E-state index in [1.807, 2.05) is 55.5 Å². The Bertz CT molecular complexity index is 1350. The Morgan fingerprint density at radius 2 is 1.88 bits per heavy atom. The smallest absolute Gasteiger partial charge is 0.240 e. The molecule has 1 unspecified atom stereocenters. The van der Waals surface area contributed by atoms with Crippen molar-refractivity contribution in [2.24, 2.45) is 5.10 Å². The molecule has 0 bridgehead atoms. The van der Waals surface area contributed by atoms with Gasteiger partial charge in [-0.3, -0.25) is 14.8 Å². The average molecular weight is 441 g/mol. The van der Waals surface area contributed by atoms with Crippen molar-refractivity contribution >= 4 is 34.1 Å². The van der Waals surface area contributed by atoms with E-state index in [-0.39, 0.29) is 11.9 Å². The second kappa shape index (κ2) is 8.17. The zero-order chi connectivity index (χ0) is 22.2. The Labute approximate surface area is 191 Å². The van der Waals surface area contributed by atoms with Crippen molar-refractivity contribution in [1.29, 1.82) is 0 Å². The Hall–Kier alpha value is -3.57. The lowest BCUT2D eigenvalue weighted by Gasteiger charge is -2.19. The Kier molecular flexibility index (Phi) is 5.19. The van der Waals surface area contributed by atoms with Gasteiger partial charge in [-0.05, 0) is 42.3 Å². The molecule has 1 aliphatic heterocycles. The molecule has 2 aromatic carbocycles. The van der Waals surface area contributed by atoms with Crippen molar-refractivity contribution in [2.75, 3.05) is 0 Å². The first-order chi connectivity index (χ1) is 15.5. The van der Waals surface area contributed by atoms with Crippen molar-refractivity contribution in [2.45, 2.75) is 26.3 Å². The standard InChI is InChI=1S/C26H21ClN4O/c1-16-25(23-14-24(31(30-23)17(2)32)19-9-6-12-28-15-19)26(18-7-4-3-5-8-18)21-13-20(27)10-11-22(21)29-16/h3-13,15,24H,14H2,1-2H3. The molecule has 3 heterocycles. The molecule has 1 atom stereocenters. The third-order valence-electron chi connectivity index (χ3n) is 5.78. The largest absolute Gasteiger partial charge is 0.273 e. The maximum absolute atomic E-state index is 12.5. The van der Waals surface area contributed by atoms with Crippen molar-refractivity contribution < 1.29 is 4.79 Å². The summed E-state index contributed by atoms with van der Waals surface area (Å²) in [5.74, 6) is -0.107. The summed E-state index contributed by atoms with van der Waals surface area (Å²) >= 11 is 6.38. The minimum atomic E-state index is -0.200. The number of fused-ring (bicyclic) bond motifs is 1. The second-order valence-electron chi connectivity index (χ2n) is 7.89. The van der Waals surface area contributed by atoms with E-state index in [9.17, 15) is 4.79 Å². The van der Waals surface area contributed by atoms with Crippen LogP contribution in [0.4, 0.5) is 0 Å². The van der Waals surface area contributed by atoms with Gasteiger partial charge in [-0.1, -0.05) is 48.0 Å². The lowest BCUT2D eigenvalue weighted by atomic mass is 9.89. The highest BCUT2D eigenvalue weighted by molar-refractivity contribution is 6.31. The van der Waals surface area contributed by atoms with Gasteiger partial charge in [0.2, 0.25) is 5.91 Å². The molecule has 0 spiro atoms. The maximum atomic E-state index is 12.5. The number of carbonyl (C=O) groups is 1. The van der Waals surface area contributed by atoms with Gasteiger partial charge in [0, 0.05) is 53.0 Å². The van der Waals surface area contributed by atoms with Crippen LogP contribution in [-0.2, 0) is 4.79 Å². The summed E-state index contributed by atoms with van der Waals surface area (Å²) in [7, 11) is 0. The van der Waals surface area contributed by atoms with Crippen LogP contribution in [0.15, 0.2) is 78.2 Å². The van der Waals surface area contributed by atoms with Gasteiger partial charge in [0.1, 0.15) is 0 Å². The monoisotopic (exact) mass is 440 g/mol. The average Bonchev–Trinajstić information content (AvgIpc) is 3.25. The fourth-order valence-corrected chi connectivity index (χ4v) is 4.57. The topological polar surface area (TPSA) is 58.5 Å². The molecule has 158 valence electrons. The number of hydrogen-bond donors (Lipinski definition) is 0. The number of carbonyl (C=O) groups excluding carboxylic acids is 1. The number of aromatic nitrogens is 2. The zero-order valence-corrected chi connectivity index (χ0v) is 18.5. The van der Waals surface area contributed by atoms with Gasteiger partial charge in [-0.15, -0.1) is 0 Å². The third kappa shape index (κ3) is 3.55. The van der Waals surface area contributed by atoms with Gasteiger partial charge in [-0.25, -0.2) is 5.01 Å². The maximum Gasteiger partial charge on any atom is 0.240 e.